The molecule has 0 N–H and O–H groups in total. The first kappa shape index (κ1) is 16.0. The third-order valence-corrected chi connectivity index (χ3v) is 3.41. The minimum absolute atomic E-state index is 0.133. The molecule has 0 saturated heterocycles. The van der Waals surface area contributed by atoms with Crippen LogP contribution in [0.4, 0.5) is 5.69 Å². The van der Waals surface area contributed by atoms with E-state index in [1.54, 1.807) is 24.3 Å². The zero-order valence-electron chi connectivity index (χ0n) is 11.6. The molecule has 0 aliphatic heterocycles. The van der Waals surface area contributed by atoms with Crippen LogP contribution < -0.4 is 9.47 Å². The molecule has 2 aromatic carbocycles. The van der Waals surface area contributed by atoms with Gasteiger partial charge in [-0.15, -0.1) is 0 Å². The summed E-state index contributed by atoms with van der Waals surface area (Å²) in [6.07, 6.45) is 0. The first-order valence-corrected chi connectivity index (χ1v) is 7.04. The summed E-state index contributed by atoms with van der Waals surface area (Å²) in [5, 5.41) is 10.8. The average molecular weight is 366 g/mol. The van der Waals surface area contributed by atoms with Crippen LogP contribution in [0.2, 0.25) is 0 Å². The van der Waals surface area contributed by atoms with Crippen molar-refractivity contribution in [3.8, 4) is 11.5 Å². The predicted molar refractivity (Wildman–Crippen MR) is 83.6 cm³/mol. The van der Waals surface area contributed by atoms with E-state index < -0.39 is 4.92 Å². The first-order valence-electron chi connectivity index (χ1n) is 6.25. The Kier molecular flexibility index (Phi) is 5.11. The highest BCUT2D eigenvalue weighted by Crippen LogP contribution is 2.31. The normalized spacial score (nSPS) is 10.1. The van der Waals surface area contributed by atoms with Gasteiger partial charge in [-0.2, -0.15) is 0 Å². The zero-order chi connectivity index (χ0) is 16.1. The molecule has 0 heterocycles. The molecule has 0 fully saturated rings. The third-order valence-electron chi connectivity index (χ3n) is 2.88. The summed E-state index contributed by atoms with van der Waals surface area (Å²) < 4.78 is 11.3. The highest BCUT2D eigenvalue weighted by molar-refractivity contribution is 9.10. The Morgan fingerprint density at radius 3 is 2.45 bits per heavy atom. The molecule has 0 amide bonds. The van der Waals surface area contributed by atoms with Crippen LogP contribution in [-0.4, -0.2) is 24.4 Å². The number of hydrogen-bond acceptors (Lipinski definition) is 5. The lowest BCUT2D eigenvalue weighted by Crippen LogP contribution is -2.12. The molecule has 22 heavy (non-hydrogen) atoms. The molecule has 2 aromatic rings. The Hall–Kier alpha value is -2.41. The molecule has 0 aromatic heterocycles. The average Bonchev–Trinajstić information content (AvgIpc) is 2.52. The molecule has 0 spiro atoms. The summed E-state index contributed by atoms with van der Waals surface area (Å²) >= 11 is 3.29. The molecule has 0 unspecified atom stereocenters. The second-order valence-electron chi connectivity index (χ2n) is 4.31. The summed E-state index contributed by atoms with van der Waals surface area (Å²) in [5.41, 5.74) is 0.361. The SMILES string of the molecule is COc1ccc([N+](=O)[O-])cc1OCC(=O)c1ccc(Br)cc1. The van der Waals surface area contributed by atoms with Gasteiger partial charge in [-0.1, -0.05) is 28.1 Å². The van der Waals surface area contributed by atoms with Gasteiger partial charge in [0.25, 0.3) is 5.69 Å². The Morgan fingerprint density at radius 2 is 1.86 bits per heavy atom. The van der Waals surface area contributed by atoms with Crippen LogP contribution in [0.3, 0.4) is 0 Å². The highest BCUT2D eigenvalue weighted by atomic mass is 79.9. The van der Waals surface area contributed by atoms with Crippen molar-refractivity contribution in [1.82, 2.24) is 0 Å². The van der Waals surface area contributed by atoms with Gasteiger partial charge in [0.15, 0.2) is 23.9 Å². The van der Waals surface area contributed by atoms with E-state index in [1.165, 1.54) is 25.3 Å². The number of halogens is 1. The van der Waals surface area contributed by atoms with E-state index in [4.69, 9.17) is 9.47 Å². The van der Waals surface area contributed by atoms with E-state index in [2.05, 4.69) is 15.9 Å². The lowest BCUT2D eigenvalue weighted by Gasteiger charge is -2.10. The molecule has 2 rings (SSSR count). The van der Waals surface area contributed by atoms with Crippen LogP contribution in [-0.2, 0) is 0 Å². The van der Waals surface area contributed by atoms with Gasteiger partial charge in [-0.05, 0) is 18.2 Å². The molecule has 0 bridgehead atoms. The molecule has 0 atom stereocenters. The van der Waals surface area contributed by atoms with Gasteiger partial charge in [-0.25, -0.2) is 0 Å². The Labute approximate surface area is 134 Å². The number of nitrogens with zero attached hydrogens (tertiary/aromatic N) is 1. The lowest BCUT2D eigenvalue weighted by atomic mass is 10.1. The Morgan fingerprint density at radius 1 is 1.18 bits per heavy atom. The van der Waals surface area contributed by atoms with Crippen molar-refractivity contribution in [2.24, 2.45) is 0 Å². The molecule has 0 radical (unpaired) electrons. The maximum absolute atomic E-state index is 12.0. The molecule has 0 saturated carbocycles. The summed E-state index contributed by atoms with van der Waals surface area (Å²) in [6, 6.07) is 10.8. The quantitative estimate of drug-likeness (QED) is 0.443. The summed E-state index contributed by atoms with van der Waals surface area (Å²) in [6.45, 7) is -0.237. The fourth-order valence-corrected chi connectivity index (χ4v) is 2.02. The zero-order valence-corrected chi connectivity index (χ0v) is 13.2. The maximum atomic E-state index is 12.0. The Balaban J connectivity index is 2.13. The van der Waals surface area contributed by atoms with Crippen molar-refractivity contribution >= 4 is 27.4 Å². The highest BCUT2D eigenvalue weighted by Gasteiger charge is 2.14. The van der Waals surface area contributed by atoms with E-state index in [0.29, 0.717) is 11.3 Å². The summed E-state index contributed by atoms with van der Waals surface area (Å²) in [4.78, 5) is 22.3. The van der Waals surface area contributed by atoms with Crippen LogP contribution in [0, 0.1) is 10.1 Å². The fraction of sp³-hybridized carbons (Fsp3) is 0.133. The van der Waals surface area contributed by atoms with E-state index in [9.17, 15) is 14.9 Å². The number of ether oxygens (including phenoxy) is 2. The molecular weight excluding hydrogens is 354 g/mol. The number of carbonyl (C=O) groups is 1. The van der Waals surface area contributed by atoms with E-state index in [1.807, 2.05) is 0 Å². The minimum Gasteiger partial charge on any atom is -0.493 e. The number of ketones is 1. The largest absolute Gasteiger partial charge is 0.493 e. The number of benzene rings is 2. The maximum Gasteiger partial charge on any atom is 0.273 e. The summed E-state index contributed by atoms with van der Waals surface area (Å²) in [7, 11) is 1.42. The number of hydrogen-bond donors (Lipinski definition) is 0. The number of nitro groups is 1. The first-order chi connectivity index (χ1) is 10.5. The van der Waals surface area contributed by atoms with Crippen LogP contribution >= 0.6 is 15.9 Å². The van der Waals surface area contributed by atoms with Crippen molar-refractivity contribution in [2.75, 3.05) is 13.7 Å². The van der Waals surface area contributed by atoms with E-state index >= 15 is 0 Å². The van der Waals surface area contributed by atoms with Crippen molar-refractivity contribution < 1.29 is 19.2 Å². The lowest BCUT2D eigenvalue weighted by molar-refractivity contribution is -0.385. The van der Waals surface area contributed by atoms with Gasteiger partial charge in [0.1, 0.15) is 0 Å². The van der Waals surface area contributed by atoms with Crippen LogP contribution in [0.25, 0.3) is 0 Å². The topological polar surface area (TPSA) is 78.7 Å². The van der Waals surface area contributed by atoms with Gasteiger partial charge in [0.2, 0.25) is 0 Å². The third kappa shape index (κ3) is 3.82. The molecule has 0 aliphatic rings. The van der Waals surface area contributed by atoms with Crippen molar-refractivity contribution in [2.45, 2.75) is 0 Å². The van der Waals surface area contributed by atoms with E-state index in [-0.39, 0.29) is 23.8 Å². The monoisotopic (exact) mass is 365 g/mol. The Bertz CT molecular complexity index is 700. The number of methoxy groups -OCH3 is 1. The van der Waals surface area contributed by atoms with Crippen LogP contribution in [0.15, 0.2) is 46.9 Å². The summed E-state index contributed by atoms with van der Waals surface area (Å²) in [5.74, 6) is 0.248. The van der Waals surface area contributed by atoms with Gasteiger partial charge in [-0.3, -0.25) is 14.9 Å². The number of nitro benzene ring substituents is 1. The number of Topliss-reactive ketones (excluding diaryl/α,β-unsaturated/α-hetero) is 1. The predicted octanol–water partition coefficient (Wildman–Crippen LogP) is 3.63. The number of non-ortho nitro benzene ring substituents is 1. The van der Waals surface area contributed by atoms with Crippen LogP contribution in [0.5, 0.6) is 11.5 Å². The number of carbonyl (C=O) groups excluding carboxylic acids is 1. The minimum atomic E-state index is -0.539. The molecule has 6 nitrogen and oxygen atoms in total. The molecular formula is C15H12BrNO5. The van der Waals surface area contributed by atoms with Gasteiger partial charge in [0.05, 0.1) is 18.1 Å². The second-order valence-corrected chi connectivity index (χ2v) is 5.23. The van der Waals surface area contributed by atoms with Crippen molar-refractivity contribution in [1.29, 1.82) is 0 Å². The van der Waals surface area contributed by atoms with Crippen LogP contribution in [0.1, 0.15) is 10.4 Å². The smallest absolute Gasteiger partial charge is 0.273 e. The number of rotatable bonds is 6. The molecule has 114 valence electrons. The van der Waals surface area contributed by atoms with Crippen molar-refractivity contribution in [3.05, 3.63) is 62.6 Å². The fourth-order valence-electron chi connectivity index (χ4n) is 1.75. The van der Waals surface area contributed by atoms with E-state index in [0.717, 1.165) is 4.47 Å². The van der Waals surface area contributed by atoms with Gasteiger partial charge in [0, 0.05) is 16.1 Å². The van der Waals surface area contributed by atoms with Gasteiger partial charge < -0.3 is 9.47 Å². The van der Waals surface area contributed by atoms with Crippen molar-refractivity contribution in [3.63, 3.8) is 0 Å². The molecule has 7 heteroatoms. The standard InChI is InChI=1S/C15H12BrNO5/c1-21-14-7-6-12(17(19)20)8-15(14)22-9-13(18)10-2-4-11(16)5-3-10/h2-8H,9H2,1H3. The molecule has 0 aliphatic carbocycles. The van der Waals surface area contributed by atoms with Gasteiger partial charge >= 0.3 is 0 Å². The second kappa shape index (κ2) is 7.04.